The van der Waals surface area contributed by atoms with Crippen LogP contribution in [0, 0.1) is 6.07 Å². The Bertz CT molecular complexity index is 295. The molecule has 0 saturated heterocycles. The van der Waals surface area contributed by atoms with E-state index in [1.165, 1.54) is 0 Å². The molecule has 0 aliphatic carbocycles. The van der Waals surface area contributed by atoms with Gasteiger partial charge in [-0.2, -0.15) is 0 Å². The summed E-state index contributed by atoms with van der Waals surface area (Å²) < 4.78 is 0. The third kappa shape index (κ3) is 1.25. The lowest BCUT2D eigenvalue weighted by Gasteiger charge is -2.01. The second-order valence-electron chi connectivity index (χ2n) is 2.62. The van der Waals surface area contributed by atoms with Crippen molar-refractivity contribution >= 4 is 5.84 Å². The Morgan fingerprint density at radius 1 is 1.50 bits per heavy atom. The van der Waals surface area contributed by atoms with Gasteiger partial charge in [0.15, 0.2) is 12.1 Å². The zero-order valence-corrected chi connectivity index (χ0v) is 6.74. The topological polar surface area (TPSA) is 33.6 Å². The lowest BCUT2D eigenvalue weighted by atomic mass is 10.2. The van der Waals surface area contributed by atoms with Crippen molar-refractivity contribution in [3.63, 3.8) is 0 Å². The van der Waals surface area contributed by atoms with Gasteiger partial charge in [0.2, 0.25) is 0 Å². The average molecular weight is 161 g/mol. The first-order valence-corrected chi connectivity index (χ1v) is 3.83. The molecule has 0 bridgehead atoms. The number of hydrogen-bond acceptors (Lipinski definition) is 3. The van der Waals surface area contributed by atoms with Crippen molar-refractivity contribution in [2.75, 3.05) is 0 Å². The number of oxime groups is 1. The van der Waals surface area contributed by atoms with E-state index < -0.39 is 0 Å². The van der Waals surface area contributed by atoms with Gasteiger partial charge in [0.1, 0.15) is 0 Å². The predicted octanol–water partition coefficient (Wildman–Crippen LogP) is 1.11. The van der Waals surface area contributed by atoms with Crippen LogP contribution in [0.3, 0.4) is 0 Å². The minimum Gasteiger partial charge on any atom is -0.369 e. The molecule has 1 heterocycles. The minimum absolute atomic E-state index is 0.0239. The van der Waals surface area contributed by atoms with Crippen molar-refractivity contribution in [2.45, 2.75) is 13.2 Å². The zero-order chi connectivity index (χ0) is 8.39. The van der Waals surface area contributed by atoms with Gasteiger partial charge >= 0.3 is 0 Å². The Labute approximate surface area is 71.0 Å². The third-order valence-electron chi connectivity index (χ3n) is 1.63. The second kappa shape index (κ2) is 2.85. The Kier molecular flexibility index (Phi) is 1.70. The molecule has 0 aromatic heterocycles. The van der Waals surface area contributed by atoms with E-state index in [-0.39, 0.29) is 6.23 Å². The number of nitrogens with zero attached hydrogens (tertiary/aromatic N) is 1. The normalized spacial score (nSPS) is 21.1. The maximum absolute atomic E-state index is 4.99. The molecule has 1 N–H and O–H groups in total. The van der Waals surface area contributed by atoms with Crippen molar-refractivity contribution in [2.24, 2.45) is 5.16 Å². The Morgan fingerprint density at radius 3 is 2.83 bits per heavy atom. The van der Waals surface area contributed by atoms with Gasteiger partial charge in [0.25, 0.3) is 0 Å². The molecule has 0 fully saturated rings. The van der Waals surface area contributed by atoms with Gasteiger partial charge in [-0.05, 0) is 13.0 Å². The number of amidine groups is 1. The van der Waals surface area contributed by atoms with Crippen molar-refractivity contribution in [1.29, 1.82) is 0 Å². The number of benzene rings is 1. The highest BCUT2D eigenvalue weighted by atomic mass is 16.7. The highest BCUT2D eigenvalue weighted by Crippen LogP contribution is 2.05. The summed E-state index contributed by atoms with van der Waals surface area (Å²) in [7, 11) is 0. The molecule has 1 aliphatic heterocycles. The standard InChI is InChI=1S/C9H9N2O/c1-7-10-9(11-12-7)8-5-3-2-4-6-8/h3-7H,1H3,(H,10,11). The van der Waals surface area contributed by atoms with E-state index in [1.54, 1.807) is 0 Å². The summed E-state index contributed by atoms with van der Waals surface area (Å²) in [6, 6.07) is 10.5. The fourth-order valence-corrected chi connectivity index (χ4v) is 1.06. The first-order valence-electron chi connectivity index (χ1n) is 3.83. The zero-order valence-electron chi connectivity index (χ0n) is 6.74. The minimum atomic E-state index is -0.0239. The lowest BCUT2D eigenvalue weighted by Crippen LogP contribution is -2.26. The SMILES string of the molecule is CC1NC(c2cc[c]cc2)=NO1. The van der Waals surface area contributed by atoms with Crippen LogP contribution in [0.15, 0.2) is 29.4 Å². The number of nitrogens with one attached hydrogen (secondary N) is 1. The molecule has 3 heteroatoms. The highest BCUT2D eigenvalue weighted by molar-refractivity contribution is 5.99. The van der Waals surface area contributed by atoms with Gasteiger partial charge < -0.3 is 10.2 Å². The number of hydrogen-bond donors (Lipinski definition) is 1. The van der Waals surface area contributed by atoms with E-state index in [0.29, 0.717) is 0 Å². The molecule has 12 heavy (non-hydrogen) atoms. The van der Waals surface area contributed by atoms with Crippen molar-refractivity contribution in [1.82, 2.24) is 5.32 Å². The molecule has 1 radical (unpaired) electrons. The summed E-state index contributed by atoms with van der Waals surface area (Å²) >= 11 is 0. The van der Waals surface area contributed by atoms with Crippen LogP contribution in [0.5, 0.6) is 0 Å². The predicted molar refractivity (Wildman–Crippen MR) is 45.5 cm³/mol. The lowest BCUT2D eigenvalue weighted by molar-refractivity contribution is 0.0874. The van der Waals surface area contributed by atoms with Crippen molar-refractivity contribution < 1.29 is 4.84 Å². The van der Waals surface area contributed by atoms with Crippen molar-refractivity contribution in [3.05, 3.63) is 35.9 Å². The van der Waals surface area contributed by atoms with Crippen LogP contribution in [-0.4, -0.2) is 12.1 Å². The van der Waals surface area contributed by atoms with E-state index in [4.69, 9.17) is 4.84 Å². The van der Waals surface area contributed by atoms with E-state index in [0.717, 1.165) is 11.4 Å². The first-order chi connectivity index (χ1) is 5.86. The van der Waals surface area contributed by atoms with Crippen LogP contribution in [0.2, 0.25) is 0 Å². The Hall–Kier alpha value is -1.51. The molecule has 1 unspecified atom stereocenters. The Balaban J connectivity index is 2.22. The first kappa shape index (κ1) is 7.16. The largest absolute Gasteiger partial charge is 0.369 e. The maximum atomic E-state index is 4.99. The summed E-state index contributed by atoms with van der Waals surface area (Å²) in [5, 5.41) is 6.96. The molecular formula is C9H9N2O. The van der Waals surface area contributed by atoms with E-state index in [2.05, 4.69) is 16.5 Å². The molecular weight excluding hydrogens is 152 g/mol. The fraction of sp³-hybridized carbons (Fsp3) is 0.222. The quantitative estimate of drug-likeness (QED) is 0.669. The second-order valence-corrected chi connectivity index (χ2v) is 2.62. The monoisotopic (exact) mass is 161 g/mol. The van der Waals surface area contributed by atoms with E-state index in [9.17, 15) is 0 Å². The molecule has 0 amide bonds. The van der Waals surface area contributed by atoms with E-state index >= 15 is 0 Å². The Morgan fingerprint density at radius 2 is 2.25 bits per heavy atom. The summed E-state index contributed by atoms with van der Waals surface area (Å²) in [6.07, 6.45) is -0.0239. The molecule has 1 aliphatic rings. The van der Waals surface area contributed by atoms with Crippen LogP contribution in [0.25, 0.3) is 0 Å². The van der Waals surface area contributed by atoms with E-state index in [1.807, 2.05) is 31.2 Å². The van der Waals surface area contributed by atoms with Crippen molar-refractivity contribution in [3.8, 4) is 0 Å². The summed E-state index contributed by atoms with van der Waals surface area (Å²) in [4.78, 5) is 4.99. The van der Waals surface area contributed by atoms with Gasteiger partial charge in [0, 0.05) is 5.56 Å². The maximum Gasteiger partial charge on any atom is 0.196 e. The smallest absolute Gasteiger partial charge is 0.196 e. The molecule has 0 saturated carbocycles. The van der Waals surface area contributed by atoms with Crippen LogP contribution in [0.1, 0.15) is 12.5 Å². The molecule has 2 rings (SSSR count). The average Bonchev–Trinajstić information content (AvgIpc) is 2.54. The van der Waals surface area contributed by atoms with Gasteiger partial charge in [-0.25, -0.2) is 0 Å². The molecule has 3 nitrogen and oxygen atoms in total. The van der Waals surface area contributed by atoms with Gasteiger partial charge in [0.05, 0.1) is 0 Å². The van der Waals surface area contributed by atoms with Crippen LogP contribution in [0.4, 0.5) is 0 Å². The van der Waals surface area contributed by atoms with Gasteiger partial charge in [-0.15, -0.1) is 0 Å². The molecule has 61 valence electrons. The summed E-state index contributed by atoms with van der Waals surface area (Å²) in [5.41, 5.74) is 1.03. The summed E-state index contributed by atoms with van der Waals surface area (Å²) in [6.45, 7) is 1.91. The fourth-order valence-electron chi connectivity index (χ4n) is 1.06. The van der Waals surface area contributed by atoms with Gasteiger partial charge in [-0.1, -0.05) is 29.4 Å². The number of rotatable bonds is 1. The third-order valence-corrected chi connectivity index (χ3v) is 1.63. The van der Waals surface area contributed by atoms with Crippen LogP contribution >= 0.6 is 0 Å². The van der Waals surface area contributed by atoms with Crippen LogP contribution < -0.4 is 5.32 Å². The highest BCUT2D eigenvalue weighted by Gasteiger charge is 2.14. The van der Waals surface area contributed by atoms with Gasteiger partial charge in [-0.3, -0.25) is 0 Å². The molecule has 1 aromatic rings. The summed E-state index contributed by atoms with van der Waals surface area (Å²) in [5.74, 6) is 0.788. The molecule has 1 atom stereocenters. The molecule has 0 spiro atoms. The molecule has 1 aromatic carbocycles. The van der Waals surface area contributed by atoms with Crippen LogP contribution in [-0.2, 0) is 4.84 Å².